The fraction of sp³-hybridized carbons (Fsp3) is 0.333. The first-order valence-electron chi connectivity index (χ1n) is 7.75. The second-order valence-corrected chi connectivity index (χ2v) is 6.21. The predicted molar refractivity (Wildman–Crippen MR) is 91.6 cm³/mol. The number of ether oxygens (including phenoxy) is 1. The third kappa shape index (κ3) is 3.32. The highest BCUT2D eigenvalue weighted by molar-refractivity contribution is 6.32. The number of aromatic nitrogens is 1. The van der Waals surface area contributed by atoms with Gasteiger partial charge in [-0.05, 0) is 62.1 Å². The lowest BCUT2D eigenvalue weighted by Gasteiger charge is -2.19. The highest BCUT2D eigenvalue weighted by Crippen LogP contribution is 2.28. The van der Waals surface area contributed by atoms with Crippen molar-refractivity contribution in [2.75, 3.05) is 18.0 Å². The number of hydrogen-bond donors (Lipinski definition) is 0. The summed E-state index contributed by atoms with van der Waals surface area (Å²) in [6.07, 6.45) is 3.96. The summed E-state index contributed by atoms with van der Waals surface area (Å²) in [7, 11) is 0. The first-order chi connectivity index (χ1) is 11.1. The van der Waals surface area contributed by atoms with Crippen LogP contribution in [0.4, 0.5) is 5.82 Å². The molecule has 1 fully saturated rings. The molecule has 0 aliphatic carbocycles. The van der Waals surface area contributed by atoms with Crippen molar-refractivity contribution in [3.05, 3.63) is 52.2 Å². The molecule has 1 aliphatic heterocycles. The van der Waals surface area contributed by atoms with Gasteiger partial charge in [-0.2, -0.15) is 0 Å². The number of nitrogens with zero attached hydrogens (tertiary/aromatic N) is 2. The number of hydrogen-bond acceptors (Lipinski definition) is 4. The molecule has 1 aromatic heterocycles. The molecule has 0 saturated carbocycles. The standard InChI is InChI=1S/C18H19ClN2O2/c1-12-10-14(11-13(2)16(12)19)23-18(22)15-6-5-7-20-17(15)21-8-3-4-9-21/h5-7,10-11H,3-4,8-9H2,1-2H3. The van der Waals surface area contributed by atoms with Gasteiger partial charge in [0.2, 0.25) is 0 Å². The van der Waals surface area contributed by atoms with Gasteiger partial charge in [-0.3, -0.25) is 0 Å². The van der Waals surface area contributed by atoms with E-state index in [0.717, 1.165) is 37.1 Å². The van der Waals surface area contributed by atoms with Crippen LogP contribution in [0.15, 0.2) is 30.5 Å². The Morgan fingerprint density at radius 3 is 2.52 bits per heavy atom. The number of carbonyl (C=O) groups is 1. The van der Waals surface area contributed by atoms with Gasteiger partial charge in [-0.25, -0.2) is 9.78 Å². The van der Waals surface area contributed by atoms with Gasteiger partial charge in [0.25, 0.3) is 0 Å². The Balaban J connectivity index is 1.86. The summed E-state index contributed by atoms with van der Waals surface area (Å²) < 4.78 is 5.55. The molecule has 1 aromatic carbocycles. The van der Waals surface area contributed by atoms with Crippen molar-refractivity contribution < 1.29 is 9.53 Å². The van der Waals surface area contributed by atoms with Gasteiger partial charge < -0.3 is 9.64 Å². The molecule has 0 amide bonds. The quantitative estimate of drug-likeness (QED) is 0.625. The summed E-state index contributed by atoms with van der Waals surface area (Å²) in [6.45, 7) is 5.64. The van der Waals surface area contributed by atoms with Crippen molar-refractivity contribution in [1.82, 2.24) is 4.98 Å². The van der Waals surface area contributed by atoms with E-state index in [4.69, 9.17) is 16.3 Å². The van der Waals surface area contributed by atoms with Crippen LogP contribution in [0.3, 0.4) is 0 Å². The minimum Gasteiger partial charge on any atom is -0.423 e. The Hall–Kier alpha value is -2.07. The van der Waals surface area contributed by atoms with Crippen molar-refractivity contribution in [1.29, 1.82) is 0 Å². The van der Waals surface area contributed by atoms with E-state index in [1.165, 1.54) is 0 Å². The lowest BCUT2D eigenvalue weighted by molar-refractivity contribution is 0.0735. The molecule has 0 radical (unpaired) electrons. The number of anilines is 1. The highest BCUT2D eigenvalue weighted by atomic mass is 35.5. The number of carbonyl (C=O) groups excluding carboxylic acids is 1. The average Bonchev–Trinajstić information content (AvgIpc) is 3.07. The molecule has 3 rings (SSSR count). The van der Waals surface area contributed by atoms with Crippen molar-refractivity contribution in [3.8, 4) is 5.75 Å². The van der Waals surface area contributed by atoms with Gasteiger partial charge in [0.05, 0.1) is 0 Å². The lowest BCUT2D eigenvalue weighted by atomic mass is 10.1. The van der Waals surface area contributed by atoms with Gasteiger partial charge in [0.15, 0.2) is 0 Å². The summed E-state index contributed by atoms with van der Waals surface area (Å²) in [5.41, 5.74) is 2.28. The number of halogens is 1. The Morgan fingerprint density at radius 2 is 1.87 bits per heavy atom. The van der Waals surface area contributed by atoms with E-state index >= 15 is 0 Å². The maximum Gasteiger partial charge on any atom is 0.347 e. The molecule has 0 bridgehead atoms. The Morgan fingerprint density at radius 1 is 1.22 bits per heavy atom. The van der Waals surface area contributed by atoms with Gasteiger partial charge >= 0.3 is 5.97 Å². The van der Waals surface area contributed by atoms with E-state index in [1.807, 2.05) is 13.8 Å². The van der Waals surface area contributed by atoms with Crippen molar-refractivity contribution >= 4 is 23.4 Å². The maximum absolute atomic E-state index is 12.6. The summed E-state index contributed by atoms with van der Waals surface area (Å²) in [6, 6.07) is 7.07. The average molecular weight is 331 g/mol. The summed E-state index contributed by atoms with van der Waals surface area (Å²) >= 11 is 6.16. The molecule has 120 valence electrons. The maximum atomic E-state index is 12.6. The summed E-state index contributed by atoms with van der Waals surface area (Å²) in [5, 5.41) is 0.698. The molecule has 5 heteroatoms. The molecule has 1 aliphatic rings. The van der Waals surface area contributed by atoms with Crippen LogP contribution in [-0.4, -0.2) is 24.0 Å². The normalized spacial score (nSPS) is 14.1. The Bertz CT molecular complexity index is 717. The Labute approximate surface area is 141 Å². The van der Waals surface area contributed by atoms with Crippen LogP contribution in [0.25, 0.3) is 0 Å². The largest absolute Gasteiger partial charge is 0.423 e. The molecular weight excluding hydrogens is 312 g/mol. The molecule has 23 heavy (non-hydrogen) atoms. The summed E-state index contributed by atoms with van der Waals surface area (Å²) in [5.74, 6) is 0.823. The van der Waals surface area contributed by atoms with Crippen molar-refractivity contribution in [2.24, 2.45) is 0 Å². The van der Waals surface area contributed by atoms with Crippen LogP contribution in [-0.2, 0) is 0 Å². The van der Waals surface area contributed by atoms with Gasteiger partial charge in [0.1, 0.15) is 17.1 Å². The van der Waals surface area contributed by atoms with E-state index in [1.54, 1.807) is 30.5 Å². The van der Waals surface area contributed by atoms with E-state index in [2.05, 4.69) is 9.88 Å². The third-order valence-electron chi connectivity index (χ3n) is 4.03. The van der Waals surface area contributed by atoms with Crippen LogP contribution in [0, 0.1) is 13.8 Å². The van der Waals surface area contributed by atoms with Gasteiger partial charge in [0, 0.05) is 24.3 Å². The van der Waals surface area contributed by atoms with E-state index in [9.17, 15) is 4.79 Å². The predicted octanol–water partition coefficient (Wildman–Crippen LogP) is 4.17. The first-order valence-corrected chi connectivity index (χ1v) is 8.13. The molecule has 0 atom stereocenters. The molecular formula is C18H19ClN2O2. The number of esters is 1. The minimum atomic E-state index is -0.388. The van der Waals surface area contributed by atoms with Gasteiger partial charge in [-0.1, -0.05) is 11.6 Å². The van der Waals surface area contributed by atoms with Crippen molar-refractivity contribution in [3.63, 3.8) is 0 Å². The van der Waals surface area contributed by atoms with E-state index in [-0.39, 0.29) is 5.97 Å². The molecule has 2 aromatic rings. The third-order valence-corrected chi connectivity index (χ3v) is 4.63. The fourth-order valence-corrected chi connectivity index (χ4v) is 2.97. The van der Waals surface area contributed by atoms with E-state index in [0.29, 0.717) is 22.2 Å². The number of benzene rings is 1. The van der Waals surface area contributed by atoms with Crippen LogP contribution < -0.4 is 9.64 Å². The topological polar surface area (TPSA) is 42.4 Å². The first kappa shape index (κ1) is 15.8. The van der Waals surface area contributed by atoms with Crippen LogP contribution >= 0.6 is 11.6 Å². The molecule has 2 heterocycles. The molecule has 0 spiro atoms. The zero-order chi connectivity index (χ0) is 16.4. The molecule has 0 unspecified atom stereocenters. The molecule has 4 nitrogen and oxygen atoms in total. The SMILES string of the molecule is Cc1cc(OC(=O)c2cccnc2N2CCCC2)cc(C)c1Cl. The van der Waals surface area contributed by atoms with Crippen LogP contribution in [0.1, 0.15) is 34.3 Å². The van der Waals surface area contributed by atoms with Gasteiger partial charge in [-0.15, -0.1) is 0 Å². The fourth-order valence-electron chi connectivity index (χ4n) is 2.86. The zero-order valence-corrected chi connectivity index (χ0v) is 14.1. The van der Waals surface area contributed by atoms with Crippen LogP contribution in [0.5, 0.6) is 5.75 Å². The van der Waals surface area contributed by atoms with Crippen LogP contribution in [0.2, 0.25) is 5.02 Å². The summed E-state index contributed by atoms with van der Waals surface area (Å²) in [4.78, 5) is 19.1. The second-order valence-electron chi connectivity index (χ2n) is 5.83. The smallest absolute Gasteiger partial charge is 0.347 e. The monoisotopic (exact) mass is 330 g/mol. The molecule has 1 saturated heterocycles. The number of aryl methyl sites for hydroxylation is 2. The zero-order valence-electron chi connectivity index (χ0n) is 13.3. The van der Waals surface area contributed by atoms with Crippen molar-refractivity contribution in [2.45, 2.75) is 26.7 Å². The number of pyridine rings is 1. The molecule has 0 N–H and O–H groups in total. The minimum absolute atomic E-state index is 0.388. The Kier molecular flexibility index (Phi) is 4.53. The highest BCUT2D eigenvalue weighted by Gasteiger charge is 2.22. The van der Waals surface area contributed by atoms with E-state index < -0.39 is 0 Å². The second kappa shape index (κ2) is 6.59. The lowest BCUT2D eigenvalue weighted by Crippen LogP contribution is -2.23. The number of rotatable bonds is 3.